The summed E-state index contributed by atoms with van der Waals surface area (Å²) in [6, 6.07) is 2.29. The average Bonchev–Trinajstić information content (AvgIpc) is 2.81. The lowest BCUT2D eigenvalue weighted by Crippen LogP contribution is -2.03. The van der Waals surface area contributed by atoms with Crippen LogP contribution in [0, 0.1) is 0 Å². The third-order valence-electron chi connectivity index (χ3n) is 3.51. The molecule has 0 radical (unpaired) electrons. The average molecular weight is 267 g/mol. The van der Waals surface area contributed by atoms with Crippen LogP contribution < -0.4 is 5.73 Å². The minimum Gasteiger partial charge on any atom is -0.330 e. The molecule has 18 heavy (non-hydrogen) atoms. The van der Waals surface area contributed by atoms with Crippen LogP contribution in [0.3, 0.4) is 0 Å². The van der Waals surface area contributed by atoms with E-state index < -0.39 is 0 Å². The monoisotopic (exact) mass is 267 g/mol. The third kappa shape index (κ3) is 6.55. The maximum Gasteiger partial charge on any atom is 0.00897 e. The van der Waals surface area contributed by atoms with Gasteiger partial charge in [-0.3, -0.25) is 0 Å². The minimum atomic E-state index is 0.783. The van der Waals surface area contributed by atoms with Crippen LogP contribution in [0.1, 0.15) is 68.7 Å². The topological polar surface area (TPSA) is 26.0 Å². The van der Waals surface area contributed by atoms with Gasteiger partial charge in [0.1, 0.15) is 0 Å². The molecule has 0 saturated heterocycles. The molecule has 0 aliphatic rings. The molecule has 0 saturated carbocycles. The van der Waals surface area contributed by atoms with Crippen molar-refractivity contribution in [2.75, 3.05) is 6.54 Å². The van der Waals surface area contributed by atoms with Gasteiger partial charge in [0.25, 0.3) is 0 Å². The molecule has 1 nitrogen and oxygen atoms in total. The summed E-state index contributed by atoms with van der Waals surface area (Å²) in [6.07, 6.45) is 13.5. The van der Waals surface area contributed by atoms with Gasteiger partial charge >= 0.3 is 0 Å². The van der Waals surface area contributed by atoms with Crippen molar-refractivity contribution in [3.05, 3.63) is 21.9 Å². The predicted molar refractivity (Wildman–Crippen MR) is 83.4 cm³/mol. The number of hydrogen-bond donors (Lipinski definition) is 1. The molecule has 0 aliphatic heterocycles. The van der Waals surface area contributed by atoms with E-state index >= 15 is 0 Å². The largest absolute Gasteiger partial charge is 0.330 e. The summed E-state index contributed by atoms with van der Waals surface area (Å²) < 4.78 is 0. The SMILES string of the molecule is CCCCCCCCCCc1ccsc1CCN. The highest BCUT2D eigenvalue weighted by Gasteiger charge is 2.02. The van der Waals surface area contributed by atoms with Crippen molar-refractivity contribution in [1.82, 2.24) is 0 Å². The Morgan fingerprint density at radius 2 is 1.61 bits per heavy atom. The molecule has 1 aromatic rings. The lowest BCUT2D eigenvalue weighted by atomic mass is 10.0. The Bertz CT molecular complexity index is 293. The molecule has 2 heteroatoms. The normalized spacial score (nSPS) is 11.0. The minimum absolute atomic E-state index is 0.783. The van der Waals surface area contributed by atoms with Crippen molar-refractivity contribution in [3.63, 3.8) is 0 Å². The van der Waals surface area contributed by atoms with Gasteiger partial charge in [0.05, 0.1) is 0 Å². The van der Waals surface area contributed by atoms with E-state index in [2.05, 4.69) is 18.4 Å². The van der Waals surface area contributed by atoms with Crippen LogP contribution >= 0.6 is 11.3 Å². The Morgan fingerprint density at radius 1 is 0.944 bits per heavy atom. The Balaban J connectivity index is 2.01. The maximum absolute atomic E-state index is 5.63. The first-order valence-electron chi connectivity index (χ1n) is 7.63. The van der Waals surface area contributed by atoms with Crippen molar-refractivity contribution < 1.29 is 0 Å². The van der Waals surface area contributed by atoms with Crippen LogP contribution in [-0.2, 0) is 12.8 Å². The quantitative estimate of drug-likeness (QED) is 0.565. The summed E-state index contributed by atoms with van der Waals surface area (Å²) >= 11 is 1.87. The van der Waals surface area contributed by atoms with Gasteiger partial charge in [-0.2, -0.15) is 0 Å². The standard InChI is InChI=1S/C16H29NS/c1-2-3-4-5-6-7-8-9-10-15-12-14-18-16(15)11-13-17/h12,14H,2-11,13,17H2,1H3. The summed E-state index contributed by atoms with van der Waals surface area (Å²) in [5.74, 6) is 0. The first-order chi connectivity index (χ1) is 8.88. The molecular formula is C16H29NS. The number of nitrogens with two attached hydrogens (primary N) is 1. The highest BCUT2D eigenvalue weighted by atomic mass is 32.1. The van der Waals surface area contributed by atoms with Crippen molar-refractivity contribution in [1.29, 1.82) is 0 Å². The highest BCUT2D eigenvalue weighted by molar-refractivity contribution is 7.10. The maximum atomic E-state index is 5.63. The van der Waals surface area contributed by atoms with Crippen molar-refractivity contribution in [3.8, 4) is 0 Å². The summed E-state index contributed by atoms with van der Waals surface area (Å²) in [5, 5.41) is 2.21. The fourth-order valence-electron chi connectivity index (χ4n) is 2.39. The van der Waals surface area contributed by atoms with Gasteiger partial charge < -0.3 is 5.73 Å². The first-order valence-corrected chi connectivity index (χ1v) is 8.51. The summed E-state index contributed by atoms with van der Waals surface area (Å²) in [6.45, 7) is 3.06. The number of aryl methyl sites for hydroxylation is 1. The molecule has 1 rings (SSSR count). The van der Waals surface area contributed by atoms with E-state index in [-0.39, 0.29) is 0 Å². The molecular weight excluding hydrogens is 238 g/mol. The van der Waals surface area contributed by atoms with E-state index in [1.54, 1.807) is 5.56 Å². The first kappa shape index (κ1) is 15.7. The number of hydrogen-bond acceptors (Lipinski definition) is 2. The summed E-state index contributed by atoms with van der Waals surface area (Å²) in [4.78, 5) is 1.51. The Labute approximate surface area is 117 Å². The van der Waals surface area contributed by atoms with E-state index in [1.165, 1.54) is 62.7 Å². The van der Waals surface area contributed by atoms with E-state index in [0.29, 0.717) is 0 Å². The van der Waals surface area contributed by atoms with Gasteiger partial charge in [-0.15, -0.1) is 11.3 Å². The van der Waals surface area contributed by atoms with Gasteiger partial charge in [-0.05, 0) is 42.8 Å². The smallest absolute Gasteiger partial charge is 0.00897 e. The van der Waals surface area contributed by atoms with Crippen LogP contribution in [0.5, 0.6) is 0 Å². The molecule has 104 valence electrons. The predicted octanol–water partition coefficient (Wildman–Crippen LogP) is 4.93. The molecule has 0 fully saturated rings. The van der Waals surface area contributed by atoms with Crippen LogP contribution in [0.25, 0.3) is 0 Å². The second-order valence-electron chi connectivity index (χ2n) is 5.13. The van der Waals surface area contributed by atoms with Gasteiger partial charge in [-0.25, -0.2) is 0 Å². The molecule has 0 spiro atoms. The number of thiophene rings is 1. The lowest BCUT2D eigenvalue weighted by Gasteiger charge is -2.03. The van der Waals surface area contributed by atoms with Crippen molar-refractivity contribution >= 4 is 11.3 Å². The molecule has 1 heterocycles. The van der Waals surface area contributed by atoms with Crippen LogP contribution in [0.2, 0.25) is 0 Å². The van der Waals surface area contributed by atoms with Crippen molar-refractivity contribution in [2.24, 2.45) is 5.73 Å². The van der Waals surface area contributed by atoms with Gasteiger partial charge in [0, 0.05) is 4.88 Å². The number of unbranched alkanes of at least 4 members (excludes halogenated alkanes) is 7. The van der Waals surface area contributed by atoms with E-state index in [0.717, 1.165) is 13.0 Å². The van der Waals surface area contributed by atoms with E-state index in [9.17, 15) is 0 Å². The fourth-order valence-corrected chi connectivity index (χ4v) is 3.34. The molecule has 0 amide bonds. The second kappa shape index (κ2) is 10.6. The zero-order chi connectivity index (χ0) is 13.1. The third-order valence-corrected chi connectivity index (χ3v) is 4.53. The van der Waals surface area contributed by atoms with E-state index in [1.807, 2.05) is 11.3 Å². The fraction of sp³-hybridized carbons (Fsp3) is 0.750. The summed E-state index contributed by atoms with van der Waals surface area (Å²) in [7, 11) is 0. The Hall–Kier alpha value is -0.340. The van der Waals surface area contributed by atoms with Crippen LogP contribution in [0.4, 0.5) is 0 Å². The van der Waals surface area contributed by atoms with Gasteiger partial charge in [-0.1, -0.05) is 51.9 Å². The van der Waals surface area contributed by atoms with Gasteiger partial charge in [0.2, 0.25) is 0 Å². The Kier molecular flexibility index (Phi) is 9.23. The van der Waals surface area contributed by atoms with Crippen LogP contribution in [-0.4, -0.2) is 6.54 Å². The highest BCUT2D eigenvalue weighted by Crippen LogP contribution is 2.20. The van der Waals surface area contributed by atoms with Crippen LogP contribution in [0.15, 0.2) is 11.4 Å². The molecule has 0 bridgehead atoms. The molecule has 0 unspecified atom stereocenters. The second-order valence-corrected chi connectivity index (χ2v) is 6.13. The molecule has 0 atom stereocenters. The zero-order valence-corrected chi connectivity index (χ0v) is 12.7. The molecule has 0 aromatic carbocycles. The number of rotatable bonds is 11. The van der Waals surface area contributed by atoms with Gasteiger partial charge in [0.15, 0.2) is 0 Å². The Morgan fingerprint density at radius 3 is 2.28 bits per heavy atom. The lowest BCUT2D eigenvalue weighted by molar-refractivity contribution is 0.575. The summed E-state index contributed by atoms with van der Waals surface area (Å²) in [5.41, 5.74) is 7.18. The van der Waals surface area contributed by atoms with E-state index in [4.69, 9.17) is 5.73 Å². The molecule has 0 aliphatic carbocycles. The molecule has 1 aromatic heterocycles. The molecule has 2 N–H and O–H groups in total. The van der Waals surface area contributed by atoms with Crippen molar-refractivity contribution in [2.45, 2.75) is 71.1 Å². The zero-order valence-electron chi connectivity index (χ0n) is 11.9.